The van der Waals surface area contributed by atoms with Gasteiger partial charge in [0, 0.05) is 24.7 Å². The van der Waals surface area contributed by atoms with Gasteiger partial charge in [0.1, 0.15) is 17.2 Å². The summed E-state index contributed by atoms with van der Waals surface area (Å²) < 4.78 is 18.2. The van der Waals surface area contributed by atoms with Crippen LogP contribution in [0, 0.1) is 5.82 Å². The third-order valence-electron chi connectivity index (χ3n) is 2.63. The van der Waals surface area contributed by atoms with Gasteiger partial charge in [0.15, 0.2) is 0 Å². The quantitative estimate of drug-likeness (QED) is 0.781. The van der Waals surface area contributed by atoms with E-state index in [0.29, 0.717) is 18.7 Å². The largest absolute Gasteiger partial charge is 0.508 e. The van der Waals surface area contributed by atoms with E-state index in [2.05, 4.69) is 10.6 Å². The van der Waals surface area contributed by atoms with E-state index in [9.17, 15) is 14.3 Å². The fourth-order valence-corrected chi connectivity index (χ4v) is 1.60. The van der Waals surface area contributed by atoms with Crippen LogP contribution >= 0.6 is 0 Å². The molecule has 0 aromatic heterocycles. The molecule has 0 heterocycles. The van der Waals surface area contributed by atoms with Crippen molar-refractivity contribution in [1.29, 1.82) is 0 Å². The molecular formula is C15H23FN2O3. The summed E-state index contributed by atoms with van der Waals surface area (Å²) in [6, 6.07) is 3.73. The second kappa shape index (κ2) is 7.26. The van der Waals surface area contributed by atoms with Gasteiger partial charge in [-0.3, -0.25) is 0 Å². The second-order valence-electron chi connectivity index (χ2n) is 5.94. The van der Waals surface area contributed by atoms with Gasteiger partial charge in [-0.2, -0.15) is 0 Å². The molecule has 0 spiro atoms. The van der Waals surface area contributed by atoms with Crippen LogP contribution in [-0.4, -0.2) is 29.4 Å². The first-order valence-electron chi connectivity index (χ1n) is 6.85. The van der Waals surface area contributed by atoms with Gasteiger partial charge in [-0.15, -0.1) is 0 Å². The lowest BCUT2D eigenvalue weighted by atomic mass is 10.2. The lowest BCUT2D eigenvalue weighted by molar-refractivity contribution is 0.0523. The highest BCUT2D eigenvalue weighted by Gasteiger charge is 2.16. The summed E-state index contributed by atoms with van der Waals surface area (Å²) in [5.74, 6) is -0.361. The van der Waals surface area contributed by atoms with Crippen LogP contribution in [-0.2, 0) is 11.3 Å². The number of hydrogen-bond donors (Lipinski definition) is 3. The molecule has 1 aromatic rings. The van der Waals surface area contributed by atoms with Gasteiger partial charge >= 0.3 is 6.09 Å². The molecule has 0 saturated carbocycles. The monoisotopic (exact) mass is 298 g/mol. The van der Waals surface area contributed by atoms with Crippen LogP contribution in [0.2, 0.25) is 0 Å². The smallest absolute Gasteiger partial charge is 0.407 e. The van der Waals surface area contributed by atoms with E-state index in [1.807, 2.05) is 6.92 Å². The van der Waals surface area contributed by atoms with Gasteiger partial charge in [0.2, 0.25) is 0 Å². The predicted octanol–water partition coefficient (Wildman–Crippen LogP) is 2.53. The summed E-state index contributed by atoms with van der Waals surface area (Å²) >= 11 is 0. The van der Waals surface area contributed by atoms with E-state index >= 15 is 0 Å². The summed E-state index contributed by atoms with van der Waals surface area (Å²) in [6.45, 7) is 7.92. The minimum Gasteiger partial charge on any atom is -0.508 e. The van der Waals surface area contributed by atoms with E-state index in [1.54, 1.807) is 20.8 Å². The molecule has 0 radical (unpaired) electrons. The van der Waals surface area contributed by atoms with Gasteiger partial charge < -0.3 is 20.5 Å². The van der Waals surface area contributed by atoms with Crippen molar-refractivity contribution in [2.45, 2.75) is 45.9 Å². The second-order valence-corrected chi connectivity index (χ2v) is 5.94. The molecule has 1 amide bonds. The van der Waals surface area contributed by atoms with Crippen LogP contribution in [0.25, 0.3) is 0 Å². The molecule has 21 heavy (non-hydrogen) atoms. The fourth-order valence-electron chi connectivity index (χ4n) is 1.60. The standard InChI is InChI=1S/C15H23FN2O3/c1-10(8-18-14(20)21-15(2,3)4)17-9-11-7-12(16)5-6-13(11)19/h5-7,10,17,19H,8-9H2,1-4H3,(H,18,20). The topological polar surface area (TPSA) is 70.6 Å². The Bertz CT molecular complexity index is 486. The van der Waals surface area contributed by atoms with E-state index < -0.39 is 17.5 Å². The molecule has 6 heteroatoms. The zero-order valence-electron chi connectivity index (χ0n) is 12.9. The van der Waals surface area contributed by atoms with E-state index in [1.165, 1.54) is 18.2 Å². The first kappa shape index (κ1) is 17.2. The Morgan fingerprint density at radius 2 is 2.10 bits per heavy atom. The molecule has 0 aliphatic heterocycles. The average molecular weight is 298 g/mol. The SMILES string of the molecule is CC(CNC(=O)OC(C)(C)C)NCc1cc(F)ccc1O. The van der Waals surface area contributed by atoms with Crippen molar-refractivity contribution in [2.75, 3.05) is 6.54 Å². The number of ether oxygens (including phenoxy) is 1. The number of carbonyl (C=O) groups excluding carboxylic acids is 1. The molecule has 1 unspecified atom stereocenters. The first-order chi connectivity index (χ1) is 9.67. The lowest BCUT2D eigenvalue weighted by Crippen LogP contribution is -2.41. The first-order valence-corrected chi connectivity index (χ1v) is 6.85. The highest BCUT2D eigenvalue weighted by molar-refractivity contribution is 5.67. The molecule has 5 nitrogen and oxygen atoms in total. The number of amides is 1. The Balaban J connectivity index is 2.36. The van der Waals surface area contributed by atoms with Gasteiger partial charge in [0.25, 0.3) is 0 Å². The normalized spacial score (nSPS) is 12.8. The number of phenols is 1. The Hall–Kier alpha value is -1.82. The van der Waals surface area contributed by atoms with Crippen molar-refractivity contribution >= 4 is 6.09 Å². The molecule has 0 fully saturated rings. The molecular weight excluding hydrogens is 275 g/mol. The number of phenolic OH excluding ortho intramolecular Hbond substituents is 1. The number of alkyl carbamates (subject to hydrolysis) is 1. The maximum atomic E-state index is 13.1. The van der Waals surface area contributed by atoms with Crippen molar-refractivity contribution in [1.82, 2.24) is 10.6 Å². The van der Waals surface area contributed by atoms with E-state index in [4.69, 9.17) is 4.74 Å². The Kier molecular flexibility index (Phi) is 5.96. The number of hydrogen-bond acceptors (Lipinski definition) is 4. The number of rotatable bonds is 5. The highest BCUT2D eigenvalue weighted by Crippen LogP contribution is 2.17. The van der Waals surface area contributed by atoms with Crippen molar-refractivity contribution in [3.05, 3.63) is 29.6 Å². The third kappa shape index (κ3) is 6.94. The highest BCUT2D eigenvalue weighted by atomic mass is 19.1. The summed E-state index contributed by atoms with van der Waals surface area (Å²) in [5, 5.41) is 15.3. The summed E-state index contributed by atoms with van der Waals surface area (Å²) in [5.41, 5.74) is -0.0622. The molecule has 0 bridgehead atoms. The molecule has 118 valence electrons. The van der Waals surface area contributed by atoms with Crippen LogP contribution in [0.15, 0.2) is 18.2 Å². The van der Waals surface area contributed by atoms with Crippen molar-refractivity contribution in [3.63, 3.8) is 0 Å². The summed E-state index contributed by atoms with van der Waals surface area (Å²) in [4.78, 5) is 11.5. The minimum atomic E-state index is -0.534. The lowest BCUT2D eigenvalue weighted by Gasteiger charge is -2.21. The maximum Gasteiger partial charge on any atom is 0.407 e. The zero-order valence-corrected chi connectivity index (χ0v) is 12.9. The van der Waals surface area contributed by atoms with Crippen LogP contribution in [0.5, 0.6) is 5.75 Å². The third-order valence-corrected chi connectivity index (χ3v) is 2.63. The maximum absolute atomic E-state index is 13.1. The number of halogens is 1. The van der Waals surface area contributed by atoms with Gasteiger partial charge in [-0.05, 0) is 45.9 Å². The number of carbonyl (C=O) groups is 1. The van der Waals surface area contributed by atoms with Crippen molar-refractivity contribution < 1.29 is 19.0 Å². The number of aromatic hydroxyl groups is 1. The average Bonchev–Trinajstić information content (AvgIpc) is 2.35. The molecule has 0 saturated heterocycles. The Morgan fingerprint density at radius 3 is 2.71 bits per heavy atom. The number of benzene rings is 1. The van der Waals surface area contributed by atoms with Gasteiger partial charge in [-0.1, -0.05) is 0 Å². The van der Waals surface area contributed by atoms with Crippen molar-refractivity contribution in [2.24, 2.45) is 0 Å². The molecule has 1 atom stereocenters. The Morgan fingerprint density at radius 1 is 1.43 bits per heavy atom. The number of nitrogens with one attached hydrogen (secondary N) is 2. The van der Waals surface area contributed by atoms with Crippen LogP contribution < -0.4 is 10.6 Å². The molecule has 1 aromatic carbocycles. The Labute approximate surface area is 124 Å². The predicted molar refractivity (Wildman–Crippen MR) is 78.6 cm³/mol. The van der Waals surface area contributed by atoms with Crippen molar-refractivity contribution in [3.8, 4) is 5.75 Å². The fraction of sp³-hybridized carbons (Fsp3) is 0.533. The van der Waals surface area contributed by atoms with E-state index in [0.717, 1.165) is 0 Å². The summed E-state index contributed by atoms with van der Waals surface area (Å²) in [6.07, 6.45) is -0.482. The minimum absolute atomic E-state index is 0.0381. The molecule has 3 N–H and O–H groups in total. The molecule has 1 rings (SSSR count). The summed E-state index contributed by atoms with van der Waals surface area (Å²) in [7, 11) is 0. The molecule has 0 aliphatic rings. The zero-order chi connectivity index (χ0) is 16.0. The van der Waals surface area contributed by atoms with Gasteiger partial charge in [0.05, 0.1) is 0 Å². The van der Waals surface area contributed by atoms with Gasteiger partial charge in [-0.25, -0.2) is 9.18 Å². The van der Waals surface area contributed by atoms with Crippen LogP contribution in [0.3, 0.4) is 0 Å². The molecule has 0 aliphatic carbocycles. The van der Waals surface area contributed by atoms with E-state index in [-0.39, 0.29) is 11.8 Å². The van der Waals surface area contributed by atoms with Crippen LogP contribution in [0.4, 0.5) is 9.18 Å². The van der Waals surface area contributed by atoms with Crippen LogP contribution in [0.1, 0.15) is 33.3 Å².